The van der Waals surface area contributed by atoms with Gasteiger partial charge in [-0.25, -0.2) is 9.56 Å². The van der Waals surface area contributed by atoms with Gasteiger partial charge in [-0.2, -0.15) is 0 Å². The number of amidine groups is 1. The predicted molar refractivity (Wildman–Crippen MR) is 173 cm³/mol. The Kier molecular flexibility index (Phi) is 11.3. The summed E-state index contributed by atoms with van der Waals surface area (Å²) in [5.41, 5.74) is 1.70. The van der Waals surface area contributed by atoms with Gasteiger partial charge in [0.05, 0.1) is 17.8 Å². The molecule has 0 saturated carbocycles. The maximum atomic E-state index is 14.9. The molecule has 0 aliphatic carbocycles. The van der Waals surface area contributed by atoms with Crippen LogP contribution >= 0.6 is 0 Å². The Hall–Kier alpha value is -4.39. The molecule has 11 heteroatoms. The summed E-state index contributed by atoms with van der Waals surface area (Å²) in [5.74, 6) is -1.55. The maximum Gasteiger partial charge on any atom is 0.295 e. The molecule has 0 radical (unpaired) electrons. The fourth-order valence-electron chi connectivity index (χ4n) is 5.80. The number of carbonyl (C=O) groups excluding carboxylic acids is 4. The molecule has 2 aliphatic heterocycles. The largest absolute Gasteiger partial charge is 1.00 e. The van der Waals surface area contributed by atoms with E-state index < -0.39 is 29.4 Å². The van der Waals surface area contributed by atoms with Crippen molar-refractivity contribution in [1.29, 1.82) is 0 Å². The van der Waals surface area contributed by atoms with Crippen molar-refractivity contribution in [2.45, 2.75) is 51.7 Å². The number of aryl methyl sites for hydroxylation is 1. The van der Waals surface area contributed by atoms with Gasteiger partial charge in [-0.05, 0) is 37.0 Å². The van der Waals surface area contributed by atoms with Gasteiger partial charge in [0.25, 0.3) is 23.7 Å². The highest BCUT2D eigenvalue weighted by Gasteiger charge is 2.47. The predicted octanol–water partition coefficient (Wildman–Crippen LogP) is 0.626. The summed E-state index contributed by atoms with van der Waals surface area (Å²) in [6.45, 7) is 7.46. The molecule has 3 heterocycles. The zero-order chi connectivity index (χ0) is 33.0. The number of pyridine rings is 1. The molecule has 5 rings (SSSR count). The number of carbonyl (C=O) groups is 4. The van der Waals surface area contributed by atoms with E-state index in [9.17, 15) is 19.2 Å². The van der Waals surface area contributed by atoms with Crippen LogP contribution in [0.2, 0.25) is 0 Å². The summed E-state index contributed by atoms with van der Waals surface area (Å²) in [6, 6.07) is 20.2. The SMILES string of the molecule is CC(C)[C@@H]1C(=O)N([C@@H](Cc2ccccc2)C(=O)N(CC=O)C2=NC(C)(C)CO2)C(c2ccccc2)=CN1C(=O)c1ccc[n+](C)c1.[I-]. The van der Waals surface area contributed by atoms with E-state index in [-0.39, 0.29) is 61.4 Å². The van der Waals surface area contributed by atoms with Crippen molar-refractivity contribution in [2.75, 3.05) is 13.2 Å². The van der Waals surface area contributed by atoms with E-state index in [1.54, 1.807) is 29.1 Å². The first-order valence-corrected chi connectivity index (χ1v) is 15.4. The molecule has 2 aromatic carbocycles. The first kappa shape index (κ1) is 35.5. The molecule has 0 fully saturated rings. The zero-order valence-electron chi connectivity index (χ0n) is 27.2. The van der Waals surface area contributed by atoms with Crippen LogP contribution in [0.1, 0.15) is 49.2 Å². The highest BCUT2D eigenvalue weighted by atomic mass is 127. The normalized spacial score (nSPS) is 17.7. The van der Waals surface area contributed by atoms with Crippen molar-refractivity contribution in [3.05, 3.63) is 108 Å². The van der Waals surface area contributed by atoms with Gasteiger partial charge in [0.15, 0.2) is 12.4 Å². The Bertz CT molecular complexity index is 1680. The number of ether oxygens (including phenoxy) is 1. The molecule has 0 N–H and O–H groups in total. The molecular weight excluding hydrogens is 709 g/mol. The van der Waals surface area contributed by atoms with E-state index in [1.807, 2.05) is 102 Å². The van der Waals surface area contributed by atoms with E-state index >= 15 is 0 Å². The molecule has 1 aromatic heterocycles. The van der Waals surface area contributed by atoms with Crippen LogP contribution in [0.3, 0.4) is 0 Å². The summed E-state index contributed by atoms with van der Waals surface area (Å²) >= 11 is 0. The quantitative estimate of drug-likeness (QED) is 0.182. The minimum Gasteiger partial charge on any atom is -1.00 e. The van der Waals surface area contributed by atoms with E-state index in [0.717, 1.165) is 5.56 Å². The lowest BCUT2D eigenvalue weighted by molar-refractivity contribution is -0.671. The van der Waals surface area contributed by atoms with E-state index in [4.69, 9.17) is 4.74 Å². The first-order valence-electron chi connectivity index (χ1n) is 15.4. The fourth-order valence-corrected chi connectivity index (χ4v) is 5.80. The van der Waals surface area contributed by atoms with Crippen LogP contribution in [-0.4, -0.2) is 75.5 Å². The number of amides is 3. The second kappa shape index (κ2) is 15.0. The molecule has 0 saturated heterocycles. The van der Waals surface area contributed by atoms with E-state index in [2.05, 4.69) is 4.99 Å². The third kappa shape index (κ3) is 7.78. The van der Waals surface area contributed by atoms with Gasteiger partial charge in [-0.1, -0.05) is 74.5 Å². The lowest BCUT2D eigenvalue weighted by Crippen LogP contribution is -3.00. The number of benzene rings is 2. The van der Waals surface area contributed by atoms with Crippen molar-refractivity contribution < 1.29 is 52.5 Å². The highest BCUT2D eigenvalue weighted by Crippen LogP contribution is 2.34. The van der Waals surface area contributed by atoms with Gasteiger partial charge in [0.1, 0.15) is 37.6 Å². The van der Waals surface area contributed by atoms with Crippen molar-refractivity contribution in [2.24, 2.45) is 18.0 Å². The van der Waals surface area contributed by atoms with Gasteiger partial charge in [-0.3, -0.25) is 29.1 Å². The highest BCUT2D eigenvalue weighted by molar-refractivity contribution is 6.06. The summed E-state index contributed by atoms with van der Waals surface area (Å²) in [7, 11) is 1.83. The molecule has 0 spiro atoms. The van der Waals surface area contributed by atoms with Crippen molar-refractivity contribution >= 4 is 35.7 Å². The molecule has 3 aromatic rings. The molecule has 0 unspecified atom stereocenters. The Morgan fingerprint density at radius 2 is 1.72 bits per heavy atom. The average Bonchev–Trinajstić information content (AvgIpc) is 3.41. The van der Waals surface area contributed by atoms with Crippen LogP contribution in [0, 0.1) is 5.92 Å². The number of aldehydes is 1. The standard InChI is InChI=1S/C36H40N5O5.HI/c1-25(2)31-34(45)41(30(27-15-10-7-11-16-27)23-40(31)32(43)28-17-12-18-38(5)22-28)29(21-26-13-8-6-9-14-26)33(44)39(19-20-42)35-37-36(3,4)24-46-35;/h6-18,20,22-23,25,29,31H,19,21,24H2,1-5H3;1H/q+1;/p-1/t29-,31+;/m0./s1. The lowest BCUT2D eigenvalue weighted by atomic mass is 9.93. The Balaban J connectivity index is 0.00000500. The third-order valence-electron chi connectivity index (χ3n) is 8.01. The molecular formula is C36H40IN5O5. The first-order chi connectivity index (χ1) is 22.0. The van der Waals surface area contributed by atoms with Crippen LogP contribution in [-0.2, 0) is 32.6 Å². The van der Waals surface area contributed by atoms with Crippen LogP contribution in [0.25, 0.3) is 5.70 Å². The van der Waals surface area contributed by atoms with Crippen LogP contribution in [0.15, 0.2) is 96.4 Å². The number of aliphatic imine (C=N–C) groups is 1. The number of halogens is 1. The Labute approximate surface area is 292 Å². The summed E-state index contributed by atoms with van der Waals surface area (Å²) in [4.78, 5) is 64.4. The second-order valence-electron chi connectivity index (χ2n) is 12.6. The fraction of sp³-hybridized carbons (Fsp3) is 0.333. The van der Waals surface area contributed by atoms with Crippen LogP contribution in [0.5, 0.6) is 0 Å². The van der Waals surface area contributed by atoms with Crippen LogP contribution < -0.4 is 28.5 Å². The van der Waals surface area contributed by atoms with Gasteiger partial charge >= 0.3 is 0 Å². The zero-order valence-corrected chi connectivity index (χ0v) is 29.4. The number of hydrogen-bond donors (Lipinski definition) is 0. The van der Waals surface area contributed by atoms with E-state index in [0.29, 0.717) is 23.1 Å². The number of hydrogen-bond acceptors (Lipinski definition) is 6. The molecule has 47 heavy (non-hydrogen) atoms. The number of nitrogens with zero attached hydrogens (tertiary/aromatic N) is 5. The van der Waals surface area contributed by atoms with Crippen molar-refractivity contribution in [3.63, 3.8) is 0 Å². The van der Waals surface area contributed by atoms with Gasteiger partial charge in [-0.15, -0.1) is 0 Å². The molecule has 2 atom stereocenters. The summed E-state index contributed by atoms with van der Waals surface area (Å²) < 4.78 is 7.60. The summed E-state index contributed by atoms with van der Waals surface area (Å²) in [5, 5.41) is 0. The molecule has 2 aliphatic rings. The smallest absolute Gasteiger partial charge is 0.295 e. The number of rotatable bonds is 9. The molecule has 0 bridgehead atoms. The lowest BCUT2D eigenvalue weighted by Gasteiger charge is -2.44. The van der Waals surface area contributed by atoms with E-state index in [1.165, 1.54) is 14.7 Å². The third-order valence-corrected chi connectivity index (χ3v) is 8.01. The van der Waals surface area contributed by atoms with Crippen molar-refractivity contribution in [3.8, 4) is 0 Å². The number of aromatic nitrogens is 1. The van der Waals surface area contributed by atoms with Crippen molar-refractivity contribution in [1.82, 2.24) is 14.7 Å². The second-order valence-corrected chi connectivity index (χ2v) is 12.6. The van der Waals surface area contributed by atoms with Gasteiger partial charge in [0, 0.05) is 18.7 Å². The van der Waals surface area contributed by atoms with Gasteiger partial charge in [0.2, 0.25) is 0 Å². The maximum absolute atomic E-state index is 14.9. The minimum atomic E-state index is -1.09. The van der Waals surface area contributed by atoms with Crippen LogP contribution in [0.4, 0.5) is 0 Å². The Morgan fingerprint density at radius 1 is 1.06 bits per heavy atom. The minimum absolute atomic E-state index is 0. The molecule has 3 amide bonds. The topological polar surface area (TPSA) is 103 Å². The average molecular weight is 750 g/mol. The summed E-state index contributed by atoms with van der Waals surface area (Å²) in [6.07, 6.45) is 6.00. The Morgan fingerprint density at radius 3 is 2.30 bits per heavy atom. The monoisotopic (exact) mass is 749 g/mol. The van der Waals surface area contributed by atoms with Gasteiger partial charge < -0.3 is 33.5 Å². The molecule has 10 nitrogen and oxygen atoms in total. The molecule has 246 valence electrons.